The molecule has 1 N–H and O–H groups in total. The molecule has 0 fully saturated rings. The van der Waals surface area contributed by atoms with Crippen LogP contribution in [0.2, 0.25) is 0 Å². The molecule has 0 saturated heterocycles. The van der Waals surface area contributed by atoms with Gasteiger partial charge in [-0.2, -0.15) is 0 Å². The molecule has 0 aromatic heterocycles. The van der Waals surface area contributed by atoms with E-state index in [-0.39, 0.29) is 17.9 Å². The molecule has 2 aromatic rings. The zero-order valence-electron chi connectivity index (χ0n) is 17.7. The first-order valence-corrected chi connectivity index (χ1v) is 9.27. The number of amides is 2. The molecule has 7 heteroatoms. The van der Waals surface area contributed by atoms with Crippen LogP contribution in [-0.4, -0.2) is 51.1 Å². The number of carbonyl (C=O) groups is 2. The number of carbonyl (C=O) groups excluding carboxylic acids is 2. The smallest absolute Gasteiger partial charge is 0.255 e. The van der Waals surface area contributed by atoms with E-state index in [2.05, 4.69) is 5.32 Å². The SMILES string of the molecule is COc1ccc(C(=O)NCc2ccc(C(=O)N(C)C(C)C)cc2)c(OC)c1OC. The van der Waals surface area contributed by atoms with Crippen molar-refractivity contribution >= 4 is 11.8 Å². The molecule has 0 atom stereocenters. The lowest BCUT2D eigenvalue weighted by Gasteiger charge is -2.21. The Bertz CT molecular complexity index is 862. The maximum atomic E-state index is 12.7. The highest BCUT2D eigenvalue weighted by Crippen LogP contribution is 2.39. The van der Waals surface area contributed by atoms with Crippen LogP contribution in [0.25, 0.3) is 0 Å². The summed E-state index contributed by atoms with van der Waals surface area (Å²) in [6.07, 6.45) is 0. The summed E-state index contributed by atoms with van der Waals surface area (Å²) < 4.78 is 15.9. The molecule has 0 radical (unpaired) electrons. The van der Waals surface area contributed by atoms with E-state index in [1.54, 1.807) is 36.2 Å². The molecular weight excluding hydrogens is 372 g/mol. The topological polar surface area (TPSA) is 77.1 Å². The monoisotopic (exact) mass is 400 g/mol. The Kier molecular flexibility index (Phi) is 7.47. The van der Waals surface area contributed by atoms with Gasteiger partial charge in [-0.1, -0.05) is 12.1 Å². The fraction of sp³-hybridized carbons (Fsp3) is 0.364. The zero-order chi connectivity index (χ0) is 21.6. The van der Waals surface area contributed by atoms with Crippen molar-refractivity contribution in [2.24, 2.45) is 0 Å². The first kappa shape index (κ1) is 22.1. The van der Waals surface area contributed by atoms with Gasteiger partial charge in [-0.15, -0.1) is 0 Å². The molecule has 156 valence electrons. The van der Waals surface area contributed by atoms with Crippen LogP contribution in [0.1, 0.15) is 40.1 Å². The third kappa shape index (κ3) is 4.99. The van der Waals surface area contributed by atoms with Gasteiger partial charge in [-0.25, -0.2) is 0 Å². The Morgan fingerprint density at radius 3 is 2.07 bits per heavy atom. The quantitative estimate of drug-likeness (QED) is 0.737. The largest absolute Gasteiger partial charge is 0.493 e. The van der Waals surface area contributed by atoms with Crippen molar-refractivity contribution in [3.63, 3.8) is 0 Å². The maximum absolute atomic E-state index is 12.7. The Morgan fingerprint density at radius 2 is 1.55 bits per heavy atom. The molecule has 29 heavy (non-hydrogen) atoms. The third-order valence-corrected chi connectivity index (χ3v) is 4.70. The molecule has 0 aliphatic rings. The Balaban J connectivity index is 2.11. The predicted molar refractivity (Wildman–Crippen MR) is 111 cm³/mol. The fourth-order valence-corrected chi connectivity index (χ4v) is 2.76. The lowest BCUT2D eigenvalue weighted by atomic mass is 10.1. The van der Waals surface area contributed by atoms with Crippen molar-refractivity contribution < 1.29 is 23.8 Å². The molecular formula is C22H28N2O5. The van der Waals surface area contributed by atoms with Gasteiger partial charge in [0.1, 0.15) is 0 Å². The summed E-state index contributed by atoms with van der Waals surface area (Å²) >= 11 is 0. The summed E-state index contributed by atoms with van der Waals surface area (Å²) in [4.78, 5) is 26.7. The summed E-state index contributed by atoms with van der Waals surface area (Å²) in [5, 5.41) is 2.86. The maximum Gasteiger partial charge on any atom is 0.255 e. The second kappa shape index (κ2) is 9.82. The van der Waals surface area contributed by atoms with Gasteiger partial charge >= 0.3 is 0 Å². The van der Waals surface area contributed by atoms with Crippen LogP contribution in [-0.2, 0) is 6.54 Å². The third-order valence-electron chi connectivity index (χ3n) is 4.70. The van der Waals surface area contributed by atoms with E-state index in [0.29, 0.717) is 34.9 Å². The van der Waals surface area contributed by atoms with Crippen LogP contribution in [0, 0.1) is 0 Å². The lowest BCUT2D eigenvalue weighted by molar-refractivity contribution is 0.0754. The number of benzene rings is 2. The average Bonchev–Trinajstić information content (AvgIpc) is 2.75. The molecule has 0 aliphatic carbocycles. The number of hydrogen-bond acceptors (Lipinski definition) is 5. The minimum Gasteiger partial charge on any atom is -0.493 e. The second-order valence-electron chi connectivity index (χ2n) is 6.77. The van der Waals surface area contributed by atoms with Crippen LogP contribution in [0.4, 0.5) is 0 Å². The normalized spacial score (nSPS) is 10.4. The van der Waals surface area contributed by atoms with E-state index < -0.39 is 0 Å². The molecule has 0 saturated carbocycles. The van der Waals surface area contributed by atoms with E-state index in [0.717, 1.165) is 5.56 Å². The predicted octanol–water partition coefficient (Wildman–Crippen LogP) is 3.12. The summed E-state index contributed by atoms with van der Waals surface area (Å²) in [5.74, 6) is 0.808. The number of ether oxygens (including phenoxy) is 3. The van der Waals surface area contributed by atoms with E-state index in [1.807, 2.05) is 26.0 Å². The number of rotatable bonds is 8. The van der Waals surface area contributed by atoms with Crippen LogP contribution in [0.5, 0.6) is 17.2 Å². The zero-order valence-corrected chi connectivity index (χ0v) is 17.7. The molecule has 2 aromatic carbocycles. The van der Waals surface area contributed by atoms with Crippen molar-refractivity contribution in [1.29, 1.82) is 0 Å². The molecule has 0 heterocycles. The minimum absolute atomic E-state index is 0.0364. The van der Waals surface area contributed by atoms with Crippen LogP contribution in [0.3, 0.4) is 0 Å². The lowest BCUT2D eigenvalue weighted by Crippen LogP contribution is -2.32. The van der Waals surface area contributed by atoms with Gasteiger partial charge in [0, 0.05) is 25.2 Å². The first-order chi connectivity index (χ1) is 13.8. The van der Waals surface area contributed by atoms with E-state index >= 15 is 0 Å². The number of hydrogen-bond donors (Lipinski definition) is 1. The van der Waals surface area contributed by atoms with Gasteiger partial charge in [-0.05, 0) is 43.7 Å². The highest BCUT2D eigenvalue weighted by molar-refractivity contribution is 5.98. The molecule has 0 aliphatic heterocycles. The number of methoxy groups -OCH3 is 3. The summed E-state index contributed by atoms with van der Waals surface area (Å²) in [5.41, 5.74) is 1.83. The van der Waals surface area contributed by atoms with Gasteiger partial charge < -0.3 is 24.4 Å². The fourth-order valence-electron chi connectivity index (χ4n) is 2.76. The second-order valence-corrected chi connectivity index (χ2v) is 6.77. The van der Waals surface area contributed by atoms with E-state index in [4.69, 9.17) is 14.2 Å². The van der Waals surface area contributed by atoms with Gasteiger partial charge in [-0.3, -0.25) is 9.59 Å². The van der Waals surface area contributed by atoms with Crippen molar-refractivity contribution in [2.45, 2.75) is 26.4 Å². The Labute approximate surface area is 171 Å². The summed E-state index contributed by atoms with van der Waals surface area (Å²) in [6, 6.07) is 10.6. The van der Waals surface area contributed by atoms with Crippen LogP contribution < -0.4 is 19.5 Å². The van der Waals surface area contributed by atoms with Crippen molar-refractivity contribution in [3.8, 4) is 17.2 Å². The van der Waals surface area contributed by atoms with Gasteiger partial charge in [0.25, 0.3) is 11.8 Å². The Morgan fingerprint density at radius 1 is 0.931 bits per heavy atom. The van der Waals surface area contributed by atoms with Crippen LogP contribution in [0.15, 0.2) is 36.4 Å². The minimum atomic E-state index is -0.303. The molecule has 2 rings (SSSR count). The van der Waals surface area contributed by atoms with Crippen molar-refractivity contribution in [2.75, 3.05) is 28.4 Å². The molecule has 2 amide bonds. The highest BCUT2D eigenvalue weighted by atomic mass is 16.5. The standard InChI is InChI=1S/C22H28N2O5/c1-14(2)24(3)22(26)16-9-7-15(8-10-16)13-23-21(25)17-11-12-18(27-4)20(29-6)19(17)28-5/h7-12,14H,13H2,1-6H3,(H,23,25). The molecule has 0 unspecified atom stereocenters. The first-order valence-electron chi connectivity index (χ1n) is 9.27. The van der Waals surface area contributed by atoms with Crippen LogP contribution >= 0.6 is 0 Å². The van der Waals surface area contributed by atoms with Crippen molar-refractivity contribution in [1.82, 2.24) is 10.2 Å². The van der Waals surface area contributed by atoms with E-state index in [9.17, 15) is 9.59 Å². The van der Waals surface area contributed by atoms with Crippen molar-refractivity contribution in [3.05, 3.63) is 53.1 Å². The van der Waals surface area contributed by atoms with E-state index in [1.165, 1.54) is 21.3 Å². The van der Waals surface area contributed by atoms with Gasteiger partial charge in [0.15, 0.2) is 11.5 Å². The number of nitrogens with one attached hydrogen (secondary N) is 1. The summed E-state index contributed by atoms with van der Waals surface area (Å²) in [6.45, 7) is 4.24. The van der Waals surface area contributed by atoms with Gasteiger partial charge in [0.05, 0.1) is 26.9 Å². The molecule has 0 spiro atoms. The molecule has 0 bridgehead atoms. The Hall–Kier alpha value is -3.22. The highest BCUT2D eigenvalue weighted by Gasteiger charge is 2.20. The molecule has 7 nitrogen and oxygen atoms in total. The summed E-state index contributed by atoms with van der Waals surface area (Å²) in [7, 11) is 6.25. The number of nitrogens with zero attached hydrogens (tertiary/aromatic N) is 1. The average molecular weight is 400 g/mol. The van der Waals surface area contributed by atoms with Gasteiger partial charge in [0.2, 0.25) is 5.75 Å².